The summed E-state index contributed by atoms with van der Waals surface area (Å²) in [7, 11) is 1.44. The highest BCUT2D eigenvalue weighted by Gasteiger charge is 2.27. The largest absolute Gasteiger partial charge is 0.496 e. The second-order valence-electron chi connectivity index (χ2n) is 7.02. The van der Waals surface area contributed by atoms with Gasteiger partial charge in [-0.05, 0) is 42.3 Å². The lowest BCUT2D eigenvalue weighted by Crippen LogP contribution is -2.30. The van der Waals surface area contributed by atoms with Crippen molar-refractivity contribution in [3.05, 3.63) is 80.9 Å². The molecule has 0 radical (unpaired) electrons. The van der Waals surface area contributed by atoms with Crippen LogP contribution >= 0.6 is 11.8 Å². The van der Waals surface area contributed by atoms with Crippen molar-refractivity contribution in [2.45, 2.75) is 18.8 Å². The lowest BCUT2D eigenvalue weighted by Gasteiger charge is -2.12. The Morgan fingerprint density at radius 2 is 2.00 bits per heavy atom. The predicted octanol–water partition coefficient (Wildman–Crippen LogP) is 5.03. The van der Waals surface area contributed by atoms with Gasteiger partial charge in [0.25, 0.3) is 11.6 Å². The number of aryl methyl sites for hydroxylation is 1. The van der Waals surface area contributed by atoms with Crippen LogP contribution in [-0.2, 0) is 11.2 Å². The SMILES string of the molecule is CCc1ccc(N[C@H]2NC(=O)/C(=C/c3ccc(-c4ccc([N+](=O)[O-])cc4OC)o3)S2)cc1. The van der Waals surface area contributed by atoms with Gasteiger partial charge >= 0.3 is 0 Å². The quantitative estimate of drug-likeness (QED) is 0.295. The minimum absolute atomic E-state index is 0.0681. The molecule has 1 aromatic heterocycles. The van der Waals surface area contributed by atoms with Crippen molar-refractivity contribution in [3.8, 4) is 17.1 Å². The molecule has 3 aromatic rings. The van der Waals surface area contributed by atoms with Gasteiger partial charge in [-0.1, -0.05) is 30.8 Å². The third-order valence-electron chi connectivity index (χ3n) is 4.95. The molecule has 1 aliphatic rings. The fourth-order valence-corrected chi connectivity index (χ4v) is 4.22. The first kappa shape index (κ1) is 21.5. The molecule has 1 aliphatic heterocycles. The van der Waals surface area contributed by atoms with Crippen LogP contribution in [0.15, 0.2) is 63.9 Å². The third kappa shape index (κ3) is 4.62. The van der Waals surface area contributed by atoms with Crippen molar-refractivity contribution in [1.82, 2.24) is 5.32 Å². The number of methoxy groups -OCH3 is 1. The van der Waals surface area contributed by atoms with Gasteiger partial charge in [-0.2, -0.15) is 0 Å². The summed E-state index contributed by atoms with van der Waals surface area (Å²) < 4.78 is 11.1. The number of hydrogen-bond donors (Lipinski definition) is 2. The van der Waals surface area contributed by atoms with Gasteiger partial charge < -0.3 is 19.8 Å². The fraction of sp³-hybridized carbons (Fsp3) is 0.174. The maximum Gasteiger partial charge on any atom is 0.273 e. The molecule has 2 aromatic carbocycles. The van der Waals surface area contributed by atoms with Crippen molar-refractivity contribution >= 4 is 35.1 Å². The number of hydrogen-bond acceptors (Lipinski definition) is 7. The summed E-state index contributed by atoms with van der Waals surface area (Å²) in [6.45, 7) is 2.10. The van der Waals surface area contributed by atoms with E-state index in [4.69, 9.17) is 9.15 Å². The molecular formula is C23H21N3O5S. The van der Waals surface area contributed by atoms with E-state index in [0.717, 1.165) is 12.1 Å². The molecule has 0 spiro atoms. The Morgan fingerprint density at radius 3 is 2.69 bits per heavy atom. The number of rotatable bonds is 7. The molecule has 0 bridgehead atoms. The average molecular weight is 452 g/mol. The average Bonchev–Trinajstić information content (AvgIpc) is 3.40. The monoisotopic (exact) mass is 451 g/mol. The topological polar surface area (TPSA) is 107 Å². The Bertz CT molecular complexity index is 1190. The van der Waals surface area contributed by atoms with E-state index in [1.807, 2.05) is 12.1 Å². The number of amides is 1. The summed E-state index contributed by atoms with van der Waals surface area (Å²) in [5.41, 5.74) is 2.40. The molecule has 1 fully saturated rings. The second-order valence-corrected chi connectivity index (χ2v) is 8.17. The summed E-state index contributed by atoms with van der Waals surface area (Å²) in [6, 6.07) is 15.9. The molecular weight excluding hydrogens is 430 g/mol. The summed E-state index contributed by atoms with van der Waals surface area (Å²) in [5.74, 6) is 1.12. The number of non-ortho nitro benzene ring substituents is 1. The number of benzene rings is 2. The zero-order valence-corrected chi connectivity index (χ0v) is 18.3. The fourth-order valence-electron chi connectivity index (χ4n) is 3.25. The van der Waals surface area contributed by atoms with Crippen LogP contribution in [0.25, 0.3) is 17.4 Å². The number of ether oxygens (including phenoxy) is 1. The van der Waals surface area contributed by atoms with Gasteiger partial charge in [-0.3, -0.25) is 14.9 Å². The highest BCUT2D eigenvalue weighted by atomic mass is 32.2. The summed E-state index contributed by atoms with van der Waals surface area (Å²) in [6.07, 6.45) is 2.64. The number of nitrogens with zero attached hydrogens (tertiary/aromatic N) is 1. The molecule has 1 saturated heterocycles. The van der Waals surface area contributed by atoms with Crippen LogP contribution in [0.1, 0.15) is 18.2 Å². The van der Waals surface area contributed by atoms with Crippen molar-refractivity contribution in [3.63, 3.8) is 0 Å². The molecule has 0 saturated carbocycles. The van der Waals surface area contributed by atoms with E-state index < -0.39 is 4.92 Å². The maximum atomic E-state index is 12.4. The zero-order valence-electron chi connectivity index (χ0n) is 17.5. The van der Waals surface area contributed by atoms with Crippen LogP contribution in [0, 0.1) is 10.1 Å². The number of nitrogens with one attached hydrogen (secondary N) is 2. The molecule has 9 heteroatoms. The first-order chi connectivity index (χ1) is 15.5. The lowest BCUT2D eigenvalue weighted by molar-refractivity contribution is -0.384. The maximum absolute atomic E-state index is 12.4. The molecule has 32 heavy (non-hydrogen) atoms. The Balaban J connectivity index is 1.49. The lowest BCUT2D eigenvalue weighted by atomic mass is 10.1. The number of nitro benzene ring substituents is 1. The van der Waals surface area contributed by atoms with E-state index in [0.29, 0.717) is 27.7 Å². The molecule has 164 valence electrons. The number of furan rings is 1. The standard InChI is InChI=1S/C23H21N3O5S/c1-3-14-4-6-15(7-5-14)24-23-25-22(27)21(32-23)13-17-9-11-19(31-17)18-10-8-16(26(28)29)12-20(18)30-2/h4-13,23-24H,3H2,1-2H3,(H,25,27)/b21-13-/t23-/m0/s1. The predicted molar refractivity (Wildman–Crippen MR) is 124 cm³/mol. The minimum atomic E-state index is -0.483. The molecule has 1 atom stereocenters. The van der Waals surface area contributed by atoms with Crippen LogP contribution in [0.2, 0.25) is 0 Å². The van der Waals surface area contributed by atoms with Gasteiger partial charge in [0.15, 0.2) is 5.50 Å². The van der Waals surface area contributed by atoms with Crippen LogP contribution < -0.4 is 15.4 Å². The van der Waals surface area contributed by atoms with Crippen LogP contribution in [-0.4, -0.2) is 23.4 Å². The Kier molecular flexibility index (Phi) is 6.18. The van der Waals surface area contributed by atoms with Crippen LogP contribution in [0.5, 0.6) is 5.75 Å². The Hall–Kier alpha value is -3.72. The van der Waals surface area contributed by atoms with Gasteiger partial charge in [0.1, 0.15) is 17.3 Å². The Morgan fingerprint density at radius 1 is 1.22 bits per heavy atom. The summed E-state index contributed by atoms with van der Waals surface area (Å²) in [5, 5.41) is 17.2. The van der Waals surface area contributed by atoms with E-state index >= 15 is 0 Å². The second kappa shape index (κ2) is 9.19. The Labute approximate surface area is 188 Å². The van der Waals surface area contributed by atoms with Gasteiger partial charge in [0.05, 0.1) is 28.6 Å². The highest BCUT2D eigenvalue weighted by Crippen LogP contribution is 2.36. The van der Waals surface area contributed by atoms with E-state index in [2.05, 4.69) is 29.7 Å². The minimum Gasteiger partial charge on any atom is -0.496 e. The molecule has 4 rings (SSSR count). The van der Waals surface area contributed by atoms with Crippen LogP contribution in [0.4, 0.5) is 11.4 Å². The number of nitro groups is 1. The molecule has 0 aliphatic carbocycles. The third-order valence-corrected chi connectivity index (χ3v) is 5.98. The van der Waals surface area contributed by atoms with Gasteiger partial charge in [-0.15, -0.1) is 0 Å². The molecule has 2 heterocycles. The van der Waals surface area contributed by atoms with Crippen molar-refractivity contribution in [2.24, 2.45) is 0 Å². The number of carbonyl (C=O) groups is 1. The normalized spacial score (nSPS) is 16.8. The van der Waals surface area contributed by atoms with E-state index in [9.17, 15) is 14.9 Å². The number of thioether (sulfide) groups is 1. The smallest absolute Gasteiger partial charge is 0.273 e. The van der Waals surface area contributed by atoms with Crippen LogP contribution in [0.3, 0.4) is 0 Å². The number of carbonyl (C=O) groups excluding carboxylic acids is 1. The van der Waals surface area contributed by atoms with Crippen molar-refractivity contribution < 1.29 is 18.9 Å². The zero-order chi connectivity index (χ0) is 22.7. The molecule has 8 nitrogen and oxygen atoms in total. The van der Waals surface area contributed by atoms with Gasteiger partial charge in [-0.25, -0.2) is 0 Å². The molecule has 1 amide bonds. The molecule has 2 N–H and O–H groups in total. The van der Waals surface area contributed by atoms with Gasteiger partial charge in [0, 0.05) is 17.8 Å². The summed E-state index contributed by atoms with van der Waals surface area (Å²) in [4.78, 5) is 23.4. The highest BCUT2D eigenvalue weighted by molar-refractivity contribution is 8.05. The van der Waals surface area contributed by atoms with E-state index in [1.54, 1.807) is 24.3 Å². The molecule has 0 unspecified atom stereocenters. The first-order valence-electron chi connectivity index (χ1n) is 9.94. The summed E-state index contributed by atoms with van der Waals surface area (Å²) >= 11 is 1.37. The first-order valence-corrected chi connectivity index (χ1v) is 10.8. The number of anilines is 1. The van der Waals surface area contributed by atoms with Gasteiger partial charge in [0.2, 0.25) is 0 Å². The van der Waals surface area contributed by atoms with E-state index in [-0.39, 0.29) is 17.1 Å². The van der Waals surface area contributed by atoms with Crippen molar-refractivity contribution in [2.75, 3.05) is 12.4 Å². The van der Waals surface area contributed by atoms with E-state index in [1.165, 1.54) is 36.6 Å². The van der Waals surface area contributed by atoms with Crippen molar-refractivity contribution in [1.29, 1.82) is 0 Å².